The van der Waals surface area contributed by atoms with Crippen LogP contribution in [0.15, 0.2) is 24.3 Å². The summed E-state index contributed by atoms with van der Waals surface area (Å²) in [5, 5.41) is 0. The Kier molecular flexibility index (Phi) is 8.80. The first kappa shape index (κ1) is 17.4. The van der Waals surface area contributed by atoms with Crippen LogP contribution in [0.2, 0.25) is 0 Å². The largest absolute Gasteiger partial charge is 0.380 e. The number of ether oxygens (including phenoxy) is 2. The first-order chi connectivity index (χ1) is 9.69. The second kappa shape index (κ2) is 10.1. The monoisotopic (exact) mass is 391 g/mol. The van der Waals surface area contributed by atoms with Crippen LogP contribution >= 0.6 is 22.6 Å². The van der Waals surface area contributed by atoms with Gasteiger partial charge in [-0.3, -0.25) is 4.79 Å². The van der Waals surface area contributed by atoms with E-state index in [0.717, 1.165) is 3.57 Å². The van der Waals surface area contributed by atoms with Crippen molar-refractivity contribution in [2.45, 2.75) is 13.8 Å². The van der Waals surface area contributed by atoms with Gasteiger partial charge in [0, 0.05) is 35.4 Å². The number of benzene rings is 1. The van der Waals surface area contributed by atoms with E-state index in [1.165, 1.54) is 0 Å². The van der Waals surface area contributed by atoms with Gasteiger partial charge in [0.25, 0.3) is 5.91 Å². The Hall–Kier alpha value is -0.660. The maximum atomic E-state index is 12.5. The lowest BCUT2D eigenvalue weighted by Crippen LogP contribution is -2.36. The smallest absolute Gasteiger partial charge is 0.254 e. The molecule has 0 aliphatic carbocycles. The average Bonchev–Trinajstić information content (AvgIpc) is 2.46. The molecule has 0 unspecified atom stereocenters. The lowest BCUT2D eigenvalue weighted by molar-refractivity contribution is 0.0550. The number of carbonyl (C=O) groups excluding carboxylic acids is 1. The average molecular weight is 391 g/mol. The van der Waals surface area contributed by atoms with Gasteiger partial charge in [0.15, 0.2) is 0 Å². The van der Waals surface area contributed by atoms with E-state index in [2.05, 4.69) is 22.6 Å². The highest BCUT2D eigenvalue weighted by atomic mass is 127. The van der Waals surface area contributed by atoms with Crippen LogP contribution in [0, 0.1) is 3.57 Å². The van der Waals surface area contributed by atoms with Gasteiger partial charge < -0.3 is 14.4 Å². The predicted molar refractivity (Wildman–Crippen MR) is 88.0 cm³/mol. The van der Waals surface area contributed by atoms with Crippen molar-refractivity contribution in [2.75, 3.05) is 39.5 Å². The Balaban J connectivity index is 2.63. The minimum Gasteiger partial charge on any atom is -0.380 e. The third-order valence-corrected chi connectivity index (χ3v) is 3.52. The van der Waals surface area contributed by atoms with Crippen LogP contribution in [0.1, 0.15) is 24.2 Å². The van der Waals surface area contributed by atoms with Crippen LogP contribution in [-0.4, -0.2) is 50.3 Å². The van der Waals surface area contributed by atoms with Crippen molar-refractivity contribution < 1.29 is 14.3 Å². The van der Waals surface area contributed by atoms with Crippen molar-refractivity contribution in [2.24, 2.45) is 0 Å². The van der Waals surface area contributed by atoms with Crippen LogP contribution in [0.5, 0.6) is 0 Å². The van der Waals surface area contributed by atoms with Gasteiger partial charge in [0.1, 0.15) is 0 Å². The van der Waals surface area contributed by atoms with E-state index in [4.69, 9.17) is 9.47 Å². The zero-order valence-corrected chi connectivity index (χ0v) is 14.3. The van der Waals surface area contributed by atoms with E-state index in [1.54, 1.807) is 4.90 Å². The van der Waals surface area contributed by atoms with Crippen molar-refractivity contribution in [3.63, 3.8) is 0 Å². The van der Waals surface area contributed by atoms with Gasteiger partial charge in [-0.15, -0.1) is 0 Å². The van der Waals surface area contributed by atoms with Crippen molar-refractivity contribution in [1.29, 1.82) is 0 Å². The minimum atomic E-state index is 0.0285. The zero-order valence-electron chi connectivity index (χ0n) is 12.1. The van der Waals surface area contributed by atoms with Crippen molar-refractivity contribution in [3.05, 3.63) is 33.4 Å². The summed E-state index contributed by atoms with van der Waals surface area (Å²) in [5.41, 5.74) is 0.707. The van der Waals surface area contributed by atoms with E-state index >= 15 is 0 Å². The van der Waals surface area contributed by atoms with E-state index in [9.17, 15) is 4.79 Å². The molecule has 5 heteroatoms. The third kappa shape index (κ3) is 6.19. The molecule has 0 aromatic heterocycles. The molecule has 20 heavy (non-hydrogen) atoms. The molecule has 0 spiro atoms. The summed E-state index contributed by atoms with van der Waals surface area (Å²) < 4.78 is 11.8. The molecule has 0 bridgehead atoms. The van der Waals surface area contributed by atoms with Crippen molar-refractivity contribution in [3.8, 4) is 0 Å². The van der Waals surface area contributed by atoms with Gasteiger partial charge in [-0.1, -0.05) is 0 Å². The summed E-state index contributed by atoms with van der Waals surface area (Å²) in [6, 6.07) is 7.60. The Morgan fingerprint density at radius 1 is 1.05 bits per heavy atom. The molecule has 0 heterocycles. The summed E-state index contributed by atoms with van der Waals surface area (Å²) in [6.07, 6.45) is 0. The molecule has 4 nitrogen and oxygen atoms in total. The Morgan fingerprint density at radius 3 is 2.00 bits per heavy atom. The van der Waals surface area contributed by atoms with E-state index in [-0.39, 0.29) is 5.91 Å². The van der Waals surface area contributed by atoms with Crippen LogP contribution in [-0.2, 0) is 9.47 Å². The molecule has 0 saturated carbocycles. The maximum absolute atomic E-state index is 12.5. The van der Waals surface area contributed by atoms with E-state index < -0.39 is 0 Å². The molecular weight excluding hydrogens is 369 g/mol. The molecule has 1 aromatic rings. The fourth-order valence-corrected chi connectivity index (χ4v) is 2.09. The molecule has 1 amide bonds. The number of halogens is 1. The summed E-state index contributed by atoms with van der Waals surface area (Å²) in [5.74, 6) is 0.0285. The maximum Gasteiger partial charge on any atom is 0.254 e. The Morgan fingerprint density at radius 2 is 1.55 bits per heavy atom. The summed E-state index contributed by atoms with van der Waals surface area (Å²) in [6.45, 7) is 7.51. The number of hydrogen-bond donors (Lipinski definition) is 0. The number of rotatable bonds is 9. The standard InChI is InChI=1S/C15H22INO3/c1-3-19-11-9-17(10-12-20-4-2)15(18)13-5-7-14(16)8-6-13/h5-8H,3-4,9-12H2,1-2H3. The van der Waals surface area contributed by atoms with E-state index in [1.807, 2.05) is 38.1 Å². The molecule has 0 aliphatic rings. The fourth-order valence-electron chi connectivity index (χ4n) is 1.73. The van der Waals surface area contributed by atoms with Crippen LogP contribution < -0.4 is 0 Å². The lowest BCUT2D eigenvalue weighted by atomic mass is 10.2. The molecule has 0 fully saturated rings. The Labute approximate surface area is 134 Å². The molecular formula is C15H22INO3. The molecule has 112 valence electrons. The predicted octanol–water partition coefficient (Wildman–Crippen LogP) is 2.81. The Bertz CT molecular complexity index is 385. The van der Waals surface area contributed by atoms with E-state index in [0.29, 0.717) is 45.1 Å². The topological polar surface area (TPSA) is 38.8 Å². The number of amides is 1. The SMILES string of the molecule is CCOCCN(CCOCC)C(=O)c1ccc(I)cc1. The van der Waals surface area contributed by atoms with Crippen LogP contribution in [0.25, 0.3) is 0 Å². The fraction of sp³-hybridized carbons (Fsp3) is 0.533. The molecule has 0 N–H and O–H groups in total. The highest BCUT2D eigenvalue weighted by molar-refractivity contribution is 14.1. The van der Waals surface area contributed by atoms with Gasteiger partial charge >= 0.3 is 0 Å². The van der Waals surface area contributed by atoms with Gasteiger partial charge in [-0.2, -0.15) is 0 Å². The van der Waals surface area contributed by atoms with Gasteiger partial charge in [0.2, 0.25) is 0 Å². The van der Waals surface area contributed by atoms with Crippen LogP contribution in [0.3, 0.4) is 0 Å². The summed E-state index contributed by atoms with van der Waals surface area (Å²) in [4.78, 5) is 14.2. The quantitative estimate of drug-likeness (QED) is 0.480. The summed E-state index contributed by atoms with van der Waals surface area (Å²) >= 11 is 2.23. The lowest BCUT2D eigenvalue weighted by Gasteiger charge is -2.22. The minimum absolute atomic E-state index is 0.0285. The zero-order chi connectivity index (χ0) is 14.8. The van der Waals surface area contributed by atoms with Gasteiger partial charge in [-0.25, -0.2) is 0 Å². The van der Waals surface area contributed by atoms with Crippen LogP contribution in [0.4, 0.5) is 0 Å². The molecule has 0 aliphatic heterocycles. The number of hydrogen-bond acceptors (Lipinski definition) is 3. The summed E-state index contributed by atoms with van der Waals surface area (Å²) in [7, 11) is 0. The molecule has 1 rings (SSSR count). The second-order valence-electron chi connectivity index (χ2n) is 4.19. The third-order valence-electron chi connectivity index (χ3n) is 2.80. The number of nitrogens with zero attached hydrogens (tertiary/aromatic N) is 1. The highest BCUT2D eigenvalue weighted by Crippen LogP contribution is 2.09. The highest BCUT2D eigenvalue weighted by Gasteiger charge is 2.15. The first-order valence-electron chi connectivity index (χ1n) is 6.89. The van der Waals surface area contributed by atoms with Gasteiger partial charge in [0.05, 0.1) is 13.2 Å². The van der Waals surface area contributed by atoms with Crippen molar-refractivity contribution in [1.82, 2.24) is 4.90 Å². The normalized spacial score (nSPS) is 10.6. The second-order valence-corrected chi connectivity index (χ2v) is 5.44. The van der Waals surface area contributed by atoms with Gasteiger partial charge in [-0.05, 0) is 60.7 Å². The number of carbonyl (C=O) groups is 1. The molecule has 0 saturated heterocycles. The van der Waals surface area contributed by atoms with Crippen molar-refractivity contribution >= 4 is 28.5 Å². The molecule has 1 aromatic carbocycles. The first-order valence-corrected chi connectivity index (χ1v) is 7.97. The molecule has 0 atom stereocenters. The molecule has 0 radical (unpaired) electrons.